The summed E-state index contributed by atoms with van der Waals surface area (Å²) in [7, 11) is -3.81. The number of nitrogens with one attached hydrogen (secondary N) is 2. The summed E-state index contributed by atoms with van der Waals surface area (Å²) in [5, 5.41) is 8.50. The van der Waals surface area contributed by atoms with Crippen LogP contribution in [0.3, 0.4) is 0 Å². The van der Waals surface area contributed by atoms with E-state index in [4.69, 9.17) is 0 Å². The molecule has 0 aliphatic carbocycles. The number of para-hydroxylation sites is 1. The Hall–Kier alpha value is -2.65. The van der Waals surface area contributed by atoms with Crippen LogP contribution < -0.4 is 10.3 Å². The molecule has 0 amide bonds. The normalized spacial score (nSPS) is 11.4. The lowest BCUT2D eigenvalue weighted by atomic mass is 10.1. The van der Waals surface area contributed by atoms with Gasteiger partial charge in [0.15, 0.2) is 10.9 Å². The molecule has 0 saturated heterocycles. The van der Waals surface area contributed by atoms with Crippen molar-refractivity contribution in [2.45, 2.75) is 30.3 Å². The molecule has 1 aromatic heterocycles. The van der Waals surface area contributed by atoms with Gasteiger partial charge in [-0.1, -0.05) is 54.6 Å². The molecule has 28 heavy (non-hydrogen) atoms. The molecule has 3 rings (SSSR count). The minimum Gasteiger partial charge on any atom is -0.298 e. The Bertz CT molecular complexity index is 1130. The van der Waals surface area contributed by atoms with Crippen LogP contribution in [0.4, 0.5) is 5.69 Å². The van der Waals surface area contributed by atoms with E-state index in [2.05, 4.69) is 19.9 Å². The van der Waals surface area contributed by atoms with Crippen molar-refractivity contribution in [3.63, 3.8) is 0 Å². The van der Waals surface area contributed by atoms with Crippen molar-refractivity contribution in [3.05, 3.63) is 64.4 Å². The third-order valence-corrected chi connectivity index (χ3v) is 6.33. The lowest BCUT2D eigenvalue weighted by Gasteiger charge is -2.12. The number of nitrogens with zero attached hydrogens (tertiary/aromatic N) is 2. The highest BCUT2D eigenvalue weighted by molar-refractivity contribution is 7.99. The molecule has 2 aromatic carbocycles. The highest BCUT2D eigenvalue weighted by Crippen LogP contribution is 2.26. The van der Waals surface area contributed by atoms with Crippen LogP contribution in [0.5, 0.6) is 0 Å². The lowest BCUT2D eigenvalue weighted by Crippen LogP contribution is -2.17. The number of rotatable bonds is 7. The highest BCUT2D eigenvalue weighted by Gasteiger charge is 2.18. The number of sulfonamides is 1. The summed E-state index contributed by atoms with van der Waals surface area (Å²) in [6, 6.07) is 13.1. The molecule has 0 aliphatic rings. The van der Waals surface area contributed by atoms with Crippen LogP contribution in [-0.2, 0) is 10.0 Å². The van der Waals surface area contributed by atoms with E-state index in [1.165, 1.54) is 23.9 Å². The Morgan fingerprint density at radius 1 is 1.07 bits per heavy atom. The van der Waals surface area contributed by atoms with Crippen LogP contribution in [0, 0.1) is 6.92 Å². The average molecular weight is 417 g/mol. The monoisotopic (exact) mass is 416 g/mol. The maximum absolute atomic E-state index is 12.7. The second kappa shape index (κ2) is 8.57. The number of hydrogen-bond donors (Lipinski definition) is 2. The fourth-order valence-corrected chi connectivity index (χ4v) is 4.20. The highest BCUT2D eigenvalue weighted by atomic mass is 32.2. The summed E-state index contributed by atoms with van der Waals surface area (Å²) in [4.78, 5) is 15.3. The minimum atomic E-state index is -3.81. The van der Waals surface area contributed by atoms with E-state index in [0.717, 1.165) is 17.7 Å². The summed E-state index contributed by atoms with van der Waals surface area (Å²) in [6.45, 7) is 3.91. The van der Waals surface area contributed by atoms with Crippen LogP contribution in [0.25, 0.3) is 11.3 Å². The van der Waals surface area contributed by atoms with Gasteiger partial charge < -0.3 is 0 Å². The number of thioether (sulfide) groups is 1. The Morgan fingerprint density at radius 3 is 2.46 bits per heavy atom. The first-order valence-electron chi connectivity index (χ1n) is 8.69. The number of H-pyrrole nitrogens is 1. The van der Waals surface area contributed by atoms with Gasteiger partial charge in [0, 0.05) is 11.3 Å². The largest absolute Gasteiger partial charge is 0.298 e. The molecule has 146 valence electrons. The standard InChI is InChI=1S/C19H20N4O3S2/c1-3-12-27-19-20-18(24)17(21-22-19)15-6-4-5-7-16(15)23-28(25,26)14-10-8-13(2)9-11-14/h4-11,23H,3,12H2,1-2H3,(H,20,22,24). The molecule has 2 N–H and O–H groups in total. The first-order chi connectivity index (χ1) is 13.4. The molecule has 0 atom stereocenters. The molecule has 0 unspecified atom stereocenters. The predicted molar refractivity (Wildman–Crippen MR) is 111 cm³/mol. The molecular formula is C19H20N4O3S2. The molecule has 0 fully saturated rings. The molecule has 0 saturated carbocycles. The molecule has 9 heteroatoms. The second-order valence-corrected chi connectivity index (χ2v) is 8.89. The van der Waals surface area contributed by atoms with Crippen LogP contribution in [-0.4, -0.2) is 29.4 Å². The fraction of sp³-hybridized carbons (Fsp3) is 0.211. The number of benzene rings is 2. The van der Waals surface area contributed by atoms with Crippen molar-refractivity contribution < 1.29 is 8.42 Å². The van der Waals surface area contributed by atoms with Crippen LogP contribution in [0.2, 0.25) is 0 Å². The average Bonchev–Trinajstić information content (AvgIpc) is 2.67. The number of hydrogen-bond acceptors (Lipinski definition) is 6. The number of aromatic nitrogens is 3. The van der Waals surface area contributed by atoms with Crippen LogP contribution >= 0.6 is 11.8 Å². The van der Waals surface area contributed by atoms with E-state index < -0.39 is 15.6 Å². The zero-order valence-electron chi connectivity index (χ0n) is 15.5. The van der Waals surface area contributed by atoms with Crippen molar-refractivity contribution in [2.75, 3.05) is 10.5 Å². The minimum absolute atomic E-state index is 0.0584. The molecule has 7 nitrogen and oxygen atoms in total. The summed E-state index contributed by atoms with van der Waals surface area (Å²) >= 11 is 1.41. The smallest absolute Gasteiger partial charge is 0.278 e. The Labute approximate surface area is 167 Å². The maximum atomic E-state index is 12.7. The van der Waals surface area contributed by atoms with Gasteiger partial charge in [-0.3, -0.25) is 14.5 Å². The Kier molecular flexibility index (Phi) is 6.15. The first kappa shape index (κ1) is 20.1. The fourth-order valence-electron chi connectivity index (χ4n) is 2.46. The van der Waals surface area contributed by atoms with Gasteiger partial charge in [0.05, 0.1) is 10.6 Å². The third-order valence-electron chi connectivity index (χ3n) is 3.88. The SMILES string of the molecule is CCCSc1nnc(-c2ccccc2NS(=O)(=O)c2ccc(C)cc2)c(=O)[nH]1. The molecule has 1 heterocycles. The van der Waals surface area contributed by atoms with Crippen molar-refractivity contribution in [1.29, 1.82) is 0 Å². The Morgan fingerprint density at radius 2 is 1.79 bits per heavy atom. The van der Waals surface area contributed by atoms with E-state index in [-0.39, 0.29) is 16.3 Å². The van der Waals surface area contributed by atoms with E-state index >= 15 is 0 Å². The van der Waals surface area contributed by atoms with Gasteiger partial charge >= 0.3 is 0 Å². The van der Waals surface area contributed by atoms with Crippen molar-refractivity contribution in [1.82, 2.24) is 15.2 Å². The summed E-state index contributed by atoms with van der Waals surface area (Å²) < 4.78 is 28.0. The maximum Gasteiger partial charge on any atom is 0.278 e. The second-order valence-electron chi connectivity index (χ2n) is 6.12. The molecule has 0 bridgehead atoms. The molecule has 0 radical (unpaired) electrons. The quantitative estimate of drug-likeness (QED) is 0.572. The van der Waals surface area contributed by atoms with Crippen molar-refractivity contribution in [3.8, 4) is 11.3 Å². The third kappa shape index (κ3) is 4.60. The zero-order chi connectivity index (χ0) is 20.1. The molecule has 0 aliphatic heterocycles. The summed E-state index contributed by atoms with van der Waals surface area (Å²) in [5.74, 6) is 0.816. The van der Waals surface area contributed by atoms with E-state index in [9.17, 15) is 13.2 Å². The number of aromatic amines is 1. The Balaban J connectivity index is 1.96. The predicted octanol–water partition coefficient (Wildman–Crippen LogP) is 3.44. The lowest BCUT2D eigenvalue weighted by molar-refractivity contribution is 0.601. The van der Waals surface area contributed by atoms with Crippen LogP contribution in [0.15, 0.2) is 63.4 Å². The summed E-state index contributed by atoms with van der Waals surface area (Å²) in [6.07, 6.45) is 0.944. The molecular weight excluding hydrogens is 396 g/mol. The van der Waals surface area contributed by atoms with Gasteiger partial charge in [-0.2, -0.15) is 0 Å². The van der Waals surface area contributed by atoms with Gasteiger partial charge in [-0.15, -0.1) is 10.2 Å². The van der Waals surface area contributed by atoms with E-state index in [1.807, 2.05) is 13.8 Å². The molecule has 3 aromatic rings. The topological polar surface area (TPSA) is 105 Å². The molecule has 0 spiro atoms. The van der Waals surface area contributed by atoms with E-state index in [0.29, 0.717) is 10.7 Å². The van der Waals surface area contributed by atoms with Gasteiger partial charge in [0.1, 0.15) is 0 Å². The number of anilines is 1. The van der Waals surface area contributed by atoms with Gasteiger partial charge in [-0.25, -0.2) is 8.42 Å². The van der Waals surface area contributed by atoms with Gasteiger partial charge in [-0.05, 0) is 31.5 Å². The van der Waals surface area contributed by atoms with Gasteiger partial charge in [0.25, 0.3) is 15.6 Å². The van der Waals surface area contributed by atoms with Crippen molar-refractivity contribution in [2.24, 2.45) is 0 Å². The van der Waals surface area contributed by atoms with Crippen LogP contribution in [0.1, 0.15) is 18.9 Å². The summed E-state index contributed by atoms with van der Waals surface area (Å²) in [5.41, 5.74) is 1.22. The van der Waals surface area contributed by atoms with E-state index in [1.54, 1.807) is 36.4 Å². The number of aryl methyl sites for hydroxylation is 1. The van der Waals surface area contributed by atoms with Crippen molar-refractivity contribution >= 4 is 27.5 Å². The zero-order valence-corrected chi connectivity index (χ0v) is 17.1. The van der Waals surface area contributed by atoms with Gasteiger partial charge in [0.2, 0.25) is 0 Å². The first-order valence-corrected chi connectivity index (χ1v) is 11.2.